The molecule has 21 heavy (non-hydrogen) atoms. The quantitative estimate of drug-likeness (QED) is 0.783. The van der Waals surface area contributed by atoms with E-state index in [0.717, 1.165) is 36.6 Å². The molecule has 4 heteroatoms. The van der Waals surface area contributed by atoms with Gasteiger partial charge in [-0.3, -0.25) is 4.79 Å². The molecule has 0 unspecified atom stereocenters. The first-order valence-electron chi connectivity index (χ1n) is 7.29. The molecule has 1 N–H and O–H groups in total. The van der Waals surface area contributed by atoms with Gasteiger partial charge < -0.3 is 10.0 Å². The number of carbonyl (C=O) groups is 2. The molecule has 0 spiro atoms. The van der Waals surface area contributed by atoms with Gasteiger partial charge in [0.2, 0.25) is 0 Å². The maximum absolute atomic E-state index is 12.5. The fourth-order valence-corrected chi connectivity index (χ4v) is 2.13. The number of rotatable bonds is 7. The van der Waals surface area contributed by atoms with Gasteiger partial charge in [-0.1, -0.05) is 19.4 Å². The summed E-state index contributed by atoms with van der Waals surface area (Å²) < 4.78 is 0. The van der Waals surface area contributed by atoms with E-state index in [1.54, 1.807) is 6.07 Å². The van der Waals surface area contributed by atoms with E-state index in [1.165, 1.54) is 6.08 Å². The number of hydrogen-bond donors (Lipinski definition) is 1. The Morgan fingerprint density at radius 3 is 2.52 bits per heavy atom. The van der Waals surface area contributed by atoms with E-state index >= 15 is 0 Å². The number of aliphatic carboxylic acids is 1. The van der Waals surface area contributed by atoms with Crippen molar-refractivity contribution in [2.75, 3.05) is 13.1 Å². The average molecular weight is 289 g/mol. The molecule has 114 valence electrons. The second-order valence-electron chi connectivity index (χ2n) is 5.04. The molecular formula is C17H23NO3. The minimum absolute atomic E-state index is 0.000347. The van der Waals surface area contributed by atoms with Gasteiger partial charge in [0, 0.05) is 24.7 Å². The number of carboxylic acids is 1. The highest BCUT2D eigenvalue weighted by Gasteiger charge is 2.14. The van der Waals surface area contributed by atoms with Crippen molar-refractivity contribution in [2.45, 2.75) is 33.6 Å². The van der Waals surface area contributed by atoms with Crippen LogP contribution in [0.1, 0.15) is 48.2 Å². The molecular weight excluding hydrogens is 266 g/mol. The molecule has 0 aliphatic carbocycles. The van der Waals surface area contributed by atoms with Crippen LogP contribution in [0.15, 0.2) is 24.3 Å². The van der Waals surface area contributed by atoms with Crippen LogP contribution in [-0.4, -0.2) is 35.0 Å². The number of nitrogens with zero attached hydrogens (tertiary/aromatic N) is 1. The third-order valence-electron chi connectivity index (χ3n) is 3.22. The zero-order chi connectivity index (χ0) is 15.8. The summed E-state index contributed by atoms with van der Waals surface area (Å²) in [5.74, 6) is -0.998. The molecule has 0 fully saturated rings. The van der Waals surface area contributed by atoms with Gasteiger partial charge in [-0.05, 0) is 49.6 Å². The lowest BCUT2D eigenvalue weighted by molar-refractivity contribution is -0.131. The van der Waals surface area contributed by atoms with Crippen LogP contribution < -0.4 is 0 Å². The Labute approximate surface area is 126 Å². The van der Waals surface area contributed by atoms with Gasteiger partial charge in [-0.15, -0.1) is 0 Å². The van der Waals surface area contributed by atoms with E-state index in [4.69, 9.17) is 5.11 Å². The second kappa shape index (κ2) is 8.25. The lowest BCUT2D eigenvalue weighted by Gasteiger charge is -2.21. The molecule has 1 amide bonds. The Balaban J connectivity index is 3.00. The molecule has 0 heterocycles. The lowest BCUT2D eigenvalue weighted by Crippen LogP contribution is -2.31. The number of unbranched alkanes of at least 4 members (excludes halogenated alkanes) is 1. The van der Waals surface area contributed by atoms with Gasteiger partial charge in [0.05, 0.1) is 0 Å². The SMILES string of the molecule is CCCCN(CC)C(=O)c1cc(C)cc(/C=C/C(=O)O)c1. The zero-order valence-corrected chi connectivity index (χ0v) is 12.9. The third-order valence-corrected chi connectivity index (χ3v) is 3.22. The van der Waals surface area contributed by atoms with Gasteiger partial charge in [0.25, 0.3) is 5.91 Å². The highest BCUT2D eigenvalue weighted by atomic mass is 16.4. The van der Waals surface area contributed by atoms with Crippen molar-refractivity contribution in [1.29, 1.82) is 0 Å². The molecule has 0 aliphatic rings. The highest BCUT2D eigenvalue weighted by molar-refractivity contribution is 5.95. The summed E-state index contributed by atoms with van der Waals surface area (Å²) in [6, 6.07) is 5.44. The highest BCUT2D eigenvalue weighted by Crippen LogP contribution is 2.14. The van der Waals surface area contributed by atoms with Crippen LogP contribution in [0, 0.1) is 6.92 Å². The monoisotopic (exact) mass is 289 g/mol. The summed E-state index contributed by atoms with van der Waals surface area (Å²) in [4.78, 5) is 24.9. The lowest BCUT2D eigenvalue weighted by atomic mass is 10.0. The number of hydrogen-bond acceptors (Lipinski definition) is 2. The molecule has 1 rings (SSSR count). The van der Waals surface area contributed by atoms with E-state index in [-0.39, 0.29) is 5.91 Å². The molecule has 1 aromatic carbocycles. The van der Waals surface area contributed by atoms with Gasteiger partial charge >= 0.3 is 5.97 Å². The van der Waals surface area contributed by atoms with Gasteiger partial charge in [-0.25, -0.2) is 4.79 Å². The molecule has 1 aromatic rings. The molecule has 0 aromatic heterocycles. The Hall–Kier alpha value is -2.10. The van der Waals surface area contributed by atoms with E-state index in [2.05, 4.69) is 6.92 Å². The summed E-state index contributed by atoms with van der Waals surface area (Å²) in [5.41, 5.74) is 2.28. The van der Waals surface area contributed by atoms with Crippen LogP contribution in [-0.2, 0) is 4.79 Å². The Bertz CT molecular complexity index is 535. The standard InChI is InChI=1S/C17H23NO3/c1-4-6-9-18(5-2)17(21)15-11-13(3)10-14(12-15)7-8-16(19)20/h7-8,10-12H,4-6,9H2,1-3H3,(H,19,20)/b8-7+. The molecule has 0 aliphatic heterocycles. The van der Waals surface area contributed by atoms with Crippen LogP contribution >= 0.6 is 0 Å². The van der Waals surface area contributed by atoms with E-state index in [9.17, 15) is 9.59 Å². The Kier molecular flexibility index (Phi) is 6.66. The first-order chi connectivity index (χ1) is 9.97. The fraction of sp³-hybridized carbons (Fsp3) is 0.412. The number of benzene rings is 1. The fourth-order valence-electron chi connectivity index (χ4n) is 2.13. The zero-order valence-electron chi connectivity index (χ0n) is 12.9. The van der Waals surface area contributed by atoms with Crippen LogP contribution in [0.5, 0.6) is 0 Å². The Morgan fingerprint density at radius 2 is 1.95 bits per heavy atom. The van der Waals surface area contributed by atoms with Crippen molar-refractivity contribution in [3.63, 3.8) is 0 Å². The number of carbonyl (C=O) groups excluding carboxylic acids is 1. The minimum Gasteiger partial charge on any atom is -0.478 e. The summed E-state index contributed by atoms with van der Waals surface area (Å²) in [7, 11) is 0. The van der Waals surface area contributed by atoms with Crippen molar-refractivity contribution in [3.05, 3.63) is 41.0 Å². The number of aryl methyl sites for hydroxylation is 1. The average Bonchev–Trinajstić information content (AvgIpc) is 2.45. The van der Waals surface area contributed by atoms with Gasteiger partial charge in [0.15, 0.2) is 0 Å². The minimum atomic E-state index is -0.998. The summed E-state index contributed by atoms with van der Waals surface area (Å²) in [6.45, 7) is 7.39. The van der Waals surface area contributed by atoms with Crippen molar-refractivity contribution in [2.24, 2.45) is 0 Å². The van der Waals surface area contributed by atoms with Crippen molar-refractivity contribution < 1.29 is 14.7 Å². The number of amides is 1. The largest absolute Gasteiger partial charge is 0.478 e. The summed E-state index contributed by atoms with van der Waals surface area (Å²) in [5, 5.41) is 8.68. The topological polar surface area (TPSA) is 57.6 Å². The molecule has 0 saturated heterocycles. The number of carboxylic acid groups (broad SMARTS) is 1. The van der Waals surface area contributed by atoms with Crippen molar-refractivity contribution in [1.82, 2.24) is 4.90 Å². The van der Waals surface area contributed by atoms with Crippen molar-refractivity contribution >= 4 is 18.0 Å². The third kappa shape index (κ3) is 5.42. The first kappa shape index (κ1) is 17.0. The van der Waals surface area contributed by atoms with E-state index in [0.29, 0.717) is 12.1 Å². The van der Waals surface area contributed by atoms with Gasteiger partial charge in [0.1, 0.15) is 0 Å². The van der Waals surface area contributed by atoms with Crippen LogP contribution in [0.4, 0.5) is 0 Å². The Morgan fingerprint density at radius 1 is 1.24 bits per heavy atom. The molecule has 0 bridgehead atoms. The molecule has 4 nitrogen and oxygen atoms in total. The molecule has 0 radical (unpaired) electrons. The normalized spacial score (nSPS) is 10.8. The van der Waals surface area contributed by atoms with Gasteiger partial charge in [-0.2, -0.15) is 0 Å². The van der Waals surface area contributed by atoms with Crippen LogP contribution in [0.3, 0.4) is 0 Å². The predicted octanol–water partition coefficient (Wildman–Crippen LogP) is 3.36. The smallest absolute Gasteiger partial charge is 0.328 e. The van der Waals surface area contributed by atoms with Crippen LogP contribution in [0.2, 0.25) is 0 Å². The summed E-state index contributed by atoms with van der Waals surface area (Å²) in [6.07, 6.45) is 4.62. The predicted molar refractivity (Wildman–Crippen MR) is 84.3 cm³/mol. The van der Waals surface area contributed by atoms with Crippen LogP contribution in [0.25, 0.3) is 6.08 Å². The maximum Gasteiger partial charge on any atom is 0.328 e. The maximum atomic E-state index is 12.5. The van der Waals surface area contributed by atoms with Crippen molar-refractivity contribution in [3.8, 4) is 0 Å². The first-order valence-corrected chi connectivity index (χ1v) is 7.29. The van der Waals surface area contributed by atoms with E-state index in [1.807, 2.05) is 30.9 Å². The van der Waals surface area contributed by atoms with E-state index < -0.39 is 5.97 Å². The molecule has 0 saturated carbocycles. The second-order valence-corrected chi connectivity index (χ2v) is 5.04. The summed E-state index contributed by atoms with van der Waals surface area (Å²) >= 11 is 0. The molecule has 0 atom stereocenters.